The molecule has 0 bridgehead atoms. The minimum atomic E-state index is -1.51. The van der Waals surface area contributed by atoms with Gasteiger partial charge >= 0.3 is 51.4 Å². The van der Waals surface area contributed by atoms with Gasteiger partial charge in [-0.1, -0.05) is 12.1 Å². The number of anilines is 1. The monoisotopic (exact) mass is 453 g/mol. The molecular weight excluding hydrogens is 432 g/mol. The van der Waals surface area contributed by atoms with Crippen LogP contribution >= 0.6 is 0 Å². The number of aromatic carboxylic acids is 1. The number of aryl methyl sites for hydroxylation is 2. The van der Waals surface area contributed by atoms with E-state index in [1.807, 2.05) is 6.92 Å². The van der Waals surface area contributed by atoms with Crippen LogP contribution in [0, 0.1) is 5.82 Å². The van der Waals surface area contributed by atoms with E-state index in [1.54, 1.807) is 6.92 Å². The number of halogens is 1. The van der Waals surface area contributed by atoms with Crippen molar-refractivity contribution in [2.24, 2.45) is 0 Å². The Morgan fingerprint density at radius 3 is 2.61 bits per heavy atom. The van der Waals surface area contributed by atoms with Gasteiger partial charge in [0.05, 0.1) is 5.97 Å². The van der Waals surface area contributed by atoms with Gasteiger partial charge in [0.2, 0.25) is 0 Å². The second-order valence-electron chi connectivity index (χ2n) is 6.75. The topological polar surface area (TPSA) is 134 Å². The van der Waals surface area contributed by atoms with Gasteiger partial charge in [-0.2, -0.15) is 0 Å². The van der Waals surface area contributed by atoms with E-state index in [0.717, 1.165) is 6.07 Å². The van der Waals surface area contributed by atoms with Crippen molar-refractivity contribution in [3.63, 3.8) is 0 Å². The third kappa shape index (κ3) is 5.09. The summed E-state index contributed by atoms with van der Waals surface area (Å²) in [5, 5.41) is 24.8. The van der Waals surface area contributed by atoms with E-state index in [1.165, 1.54) is 22.9 Å². The predicted octanol–water partition coefficient (Wildman–Crippen LogP) is -0.665. The summed E-state index contributed by atoms with van der Waals surface area (Å²) >= 11 is 0. The minimum Gasteiger partial charge on any atom is -0.545 e. The number of aromatic nitrogens is 2. The van der Waals surface area contributed by atoms with Crippen LogP contribution in [0.5, 0.6) is 5.75 Å². The molecule has 0 unspecified atom stereocenters. The smallest absolute Gasteiger partial charge is 0.545 e. The number of nitrogen functional groups attached to an aromatic ring is 1. The fourth-order valence-electron chi connectivity index (χ4n) is 3.43. The van der Waals surface area contributed by atoms with E-state index in [-0.39, 0.29) is 92.5 Å². The number of hydrogen-bond donors (Lipinski definition) is 2. The van der Waals surface area contributed by atoms with Gasteiger partial charge in [0.25, 0.3) is 0 Å². The molecule has 0 spiro atoms. The summed E-state index contributed by atoms with van der Waals surface area (Å²) in [6.07, 6.45) is 1.98. The van der Waals surface area contributed by atoms with Crippen molar-refractivity contribution in [2.45, 2.75) is 39.7 Å². The minimum absolute atomic E-state index is 0. The van der Waals surface area contributed by atoms with Gasteiger partial charge in [0, 0.05) is 53.9 Å². The Balaban J connectivity index is 0.00000341. The van der Waals surface area contributed by atoms with Crippen molar-refractivity contribution in [2.75, 3.05) is 5.73 Å². The molecule has 0 aliphatic rings. The summed E-state index contributed by atoms with van der Waals surface area (Å²) in [7, 11) is 0. The number of carbonyl (C=O) groups excluding carboxylic acids is 2. The molecule has 0 atom stereocenters. The zero-order valence-electron chi connectivity index (χ0n) is 17.6. The Morgan fingerprint density at radius 2 is 2.03 bits per heavy atom. The maximum Gasteiger partial charge on any atom is 1.00 e. The third-order valence-electron chi connectivity index (χ3n) is 4.98. The second-order valence-corrected chi connectivity index (χ2v) is 6.75. The molecule has 0 amide bonds. The van der Waals surface area contributed by atoms with Crippen LogP contribution in [0.2, 0.25) is 0 Å². The molecule has 0 saturated heterocycles. The van der Waals surface area contributed by atoms with Gasteiger partial charge in [0.1, 0.15) is 28.8 Å². The number of benzene rings is 1. The number of phenolic OH excluding ortho intramolecular Hbond substituents is 1. The zero-order chi connectivity index (χ0) is 22.0. The molecule has 3 N–H and O–H groups in total. The maximum atomic E-state index is 14.2. The molecule has 3 aromatic rings. The van der Waals surface area contributed by atoms with Gasteiger partial charge in [0.15, 0.2) is 5.78 Å². The van der Waals surface area contributed by atoms with E-state index in [9.17, 15) is 24.2 Å². The molecule has 0 radical (unpaired) electrons. The molecule has 2 heterocycles. The summed E-state index contributed by atoms with van der Waals surface area (Å²) in [5.74, 6) is -2.40. The number of Topliss-reactive ketones (excluding diaryl/α,β-unsaturated/α-hetero) is 1. The fourth-order valence-corrected chi connectivity index (χ4v) is 3.43. The van der Waals surface area contributed by atoms with Crippen LogP contribution in [-0.4, -0.2) is 26.6 Å². The average molecular weight is 454 g/mol. The quantitative estimate of drug-likeness (QED) is 0.341. The number of carbonyl (C=O) groups is 2. The number of hydrogen-bond acceptors (Lipinski definition) is 7. The van der Waals surface area contributed by atoms with Crippen LogP contribution in [0.3, 0.4) is 0 Å². The Morgan fingerprint density at radius 1 is 1.32 bits per heavy atom. The first-order valence-electron chi connectivity index (χ1n) is 9.47. The normalized spacial score (nSPS) is 10.7. The molecule has 1 aromatic carbocycles. The average Bonchev–Trinajstić information content (AvgIpc) is 3.26. The molecular formula is C21H21FKN3O5. The number of aromatic hydroxyl groups is 1. The van der Waals surface area contributed by atoms with Crippen molar-refractivity contribution in [3.8, 4) is 17.0 Å². The number of nitrogens with two attached hydrogens (primary N) is 1. The zero-order valence-corrected chi connectivity index (χ0v) is 20.7. The van der Waals surface area contributed by atoms with Gasteiger partial charge < -0.3 is 29.8 Å². The summed E-state index contributed by atoms with van der Waals surface area (Å²) in [5.41, 5.74) is 6.59. The number of carboxylic acid groups (broad SMARTS) is 1. The van der Waals surface area contributed by atoms with Gasteiger partial charge in [-0.05, 0) is 25.5 Å². The SMILES string of the molecule is CCc1c(-c2ccc(O)cc2F)noc1CCC(=O)c1cn(CC)c(N)c1C(=O)[O-].[K+]. The molecule has 0 fully saturated rings. The Bertz CT molecular complexity index is 1120. The van der Waals surface area contributed by atoms with E-state index < -0.39 is 17.6 Å². The second kappa shape index (κ2) is 10.6. The van der Waals surface area contributed by atoms with Gasteiger partial charge in [-0.3, -0.25) is 4.79 Å². The van der Waals surface area contributed by atoms with E-state index >= 15 is 0 Å². The van der Waals surface area contributed by atoms with Crippen LogP contribution in [0.4, 0.5) is 10.2 Å². The summed E-state index contributed by atoms with van der Waals surface area (Å²) in [6, 6.07) is 3.73. The Kier molecular flexibility index (Phi) is 8.61. The first-order valence-corrected chi connectivity index (χ1v) is 9.47. The van der Waals surface area contributed by atoms with E-state index in [2.05, 4.69) is 5.16 Å². The van der Waals surface area contributed by atoms with Crippen LogP contribution < -0.4 is 62.2 Å². The van der Waals surface area contributed by atoms with Crippen LogP contribution in [0.15, 0.2) is 28.9 Å². The summed E-state index contributed by atoms with van der Waals surface area (Å²) < 4.78 is 21.0. The molecule has 3 rings (SSSR count). The maximum absolute atomic E-state index is 14.2. The Hall–Kier alpha value is -1.98. The number of rotatable bonds is 8. The number of phenols is 1. The van der Waals surface area contributed by atoms with Crippen molar-refractivity contribution in [3.05, 3.63) is 52.7 Å². The molecule has 31 heavy (non-hydrogen) atoms. The van der Waals surface area contributed by atoms with Crippen molar-refractivity contribution >= 4 is 17.6 Å². The Labute approximate surface area is 220 Å². The molecule has 8 nitrogen and oxygen atoms in total. The number of ketones is 1. The molecule has 0 aliphatic carbocycles. The van der Waals surface area contributed by atoms with Gasteiger partial charge in [-0.25, -0.2) is 4.39 Å². The van der Waals surface area contributed by atoms with Crippen LogP contribution in [-0.2, 0) is 19.4 Å². The largest absolute Gasteiger partial charge is 1.00 e. The van der Waals surface area contributed by atoms with Crippen molar-refractivity contribution in [1.82, 2.24) is 9.72 Å². The molecule has 158 valence electrons. The first-order chi connectivity index (χ1) is 14.3. The van der Waals surface area contributed by atoms with Crippen LogP contribution in [0.1, 0.15) is 52.3 Å². The summed E-state index contributed by atoms with van der Waals surface area (Å²) in [6.45, 7) is 4.02. The number of nitrogens with zero attached hydrogens (tertiary/aromatic N) is 2. The standard InChI is InChI=1S/C21H22FN3O5.K/c1-3-12-17(30-24-19(12)13-6-5-11(26)9-15(13)22)8-7-16(27)14-10-25(4-2)20(23)18(14)21(28)29;/h5-6,9-10,26H,3-4,7-8,23H2,1-2H3,(H,28,29);/q;+1/p-1. The predicted molar refractivity (Wildman–Crippen MR) is 104 cm³/mol. The first kappa shape index (κ1) is 25.3. The van der Waals surface area contributed by atoms with Crippen molar-refractivity contribution in [1.29, 1.82) is 0 Å². The van der Waals surface area contributed by atoms with Crippen LogP contribution in [0.25, 0.3) is 11.3 Å². The summed E-state index contributed by atoms with van der Waals surface area (Å²) in [4.78, 5) is 24.1. The van der Waals surface area contributed by atoms with E-state index in [0.29, 0.717) is 30.0 Å². The molecule has 0 saturated carbocycles. The van der Waals surface area contributed by atoms with Crippen molar-refractivity contribution < 1.29 is 80.1 Å². The fraction of sp³-hybridized carbons (Fsp3) is 0.286. The number of carboxylic acids is 1. The molecule has 2 aromatic heterocycles. The van der Waals surface area contributed by atoms with Gasteiger partial charge in [-0.15, -0.1) is 0 Å². The third-order valence-corrected chi connectivity index (χ3v) is 4.98. The molecule has 0 aliphatic heterocycles. The van der Waals surface area contributed by atoms with E-state index in [4.69, 9.17) is 10.3 Å². The molecule has 10 heteroatoms.